The van der Waals surface area contributed by atoms with E-state index in [4.69, 9.17) is 0 Å². The Balaban J connectivity index is 4.12. The second kappa shape index (κ2) is 4.56. The lowest BCUT2D eigenvalue weighted by atomic mass is 9.95. The third kappa shape index (κ3) is 2.93. The first-order valence-corrected chi connectivity index (χ1v) is 4.72. The minimum Gasteiger partial charge on any atom is -0.396 e. The molecule has 1 rings (SSSR count). The van der Waals surface area contributed by atoms with E-state index >= 15 is 0 Å². The van der Waals surface area contributed by atoms with Gasteiger partial charge in [-0.2, -0.15) is 39.5 Å². The standard InChI is InChI=1S/C9H4F10N2/c10-4-2(8(14,15)16)1(7(11,12)13)3(9(17,18)19)5(20)6(4)21/h20-21H2. The van der Waals surface area contributed by atoms with Crippen LogP contribution in [-0.2, 0) is 18.5 Å². The van der Waals surface area contributed by atoms with Crippen LogP contribution in [0.2, 0.25) is 0 Å². The van der Waals surface area contributed by atoms with Crippen LogP contribution in [0.15, 0.2) is 0 Å². The Hall–Kier alpha value is -1.88. The molecule has 1 aromatic rings. The maximum Gasteiger partial charge on any atom is 0.419 e. The summed E-state index contributed by atoms with van der Waals surface area (Å²) in [7, 11) is 0. The fourth-order valence-corrected chi connectivity index (χ4v) is 1.60. The third-order valence-corrected chi connectivity index (χ3v) is 2.37. The normalized spacial score (nSPS) is 13.6. The van der Waals surface area contributed by atoms with Crippen LogP contribution >= 0.6 is 0 Å². The summed E-state index contributed by atoms with van der Waals surface area (Å²) in [6.07, 6.45) is -18.1. The summed E-state index contributed by atoms with van der Waals surface area (Å²) in [5.41, 5.74) is -3.86. The van der Waals surface area contributed by atoms with E-state index in [-0.39, 0.29) is 0 Å². The Kier molecular flexibility index (Phi) is 3.73. The van der Waals surface area contributed by atoms with Crippen molar-refractivity contribution in [2.75, 3.05) is 11.5 Å². The van der Waals surface area contributed by atoms with E-state index in [1.165, 1.54) is 0 Å². The summed E-state index contributed by atoms with van der Waals surface area (Å²) < 4.78 is 126. The van der Waals surface area contributed by atoms with Crippen LogP contribution < -0.4 is 11.5 Å². The van der Waals surface area contributed by atoms with Gasteiger partial charge in [-0.05, 0) is 0 Å². The van der Waals surface area contributed by atoms with Crippen molar-refractivity contribution in [2.24, 2.45) is 0 Å². The predicted octanol–water partition coefficient (Wildman–Crippen LogP) is 4.05. The van der Waals surface area contributed by atoms with E-state index in [2.05, 4.69) is 11.5 Å². The smallest absolute Gasteiger partial charge is 0.396 e. The number of hydrogen-bond acceptors (Lipinski definition) is 2. The highest BCUT2D eigenvalue weighted by atomic mass is 19.4. The Bertz CT molecular complexity index is 525. The number of rotatable bonds is 0. The summed E-state index contributed by atoms with van der Waals surface area (Å²) in [4.78, 5) is 0. The number of nitrogen functional groups attached to an aromatic ring is 2. The Labute approximate surface area is 109 Å². The van der Waals surface area contributed by atoms with E-state index in [0.29, 0.717) is 0 Å². The lowest BCUT2D eigenvalue weighted by Gasteiger charge is -2.24. The molecule has 12 heteroatoms. The van der Waals surface area contributed by atoms with Crippen LogP contribution in [0, 0.1) is 5.82 Å². The summed E-state index contributed by atoms with van der Waals surface area (Å²) >= 11 is 0. The quantitative estimate of drug-likeness (QED) is 0.557. The number of hydrogen-bond donors (Lipinski definition) is 2. The first kappa shape index (κ1) is 17.2. The largest absolute Gasteiger partial charge is 0.419 e. The highest BCUT2D eigenvalue weighted by Crippen LogP contribution is 2.51. The zero-order chi connectivity index (χ0) is 17.0. The molecule has 0 bridgehead atoms. The van der Waals surface area contributed by atoms with Crippen molar-refractivity contribution in [3.63, 3.8) is 0 Å². The number of halogens is 10. The second-order valence-electron chi connectivity index (χ2n) is 3.76. The number of nitrogens with two attached hydrogens (primary N) is 2. The van der Waals surface area contributed by atoms with Crippen LogP contribution in [-0.4, -0.2) is 0 Å². The Morgan fingerprint density at radius 1 is 0.524 bits per heavy atom. The van der Waals surface area contributed by atoms with Gasteiger partial charge in [-0.15, -0.1) is 0 Å². The molecule has 0 aliphatic carbocycles. The summed E-state index contributed by atoms with van der Waals surface area (Å²) in [5.74, 6) is -2.71. The summed E-state index contributed by atoms with van der Waals surface area (Å²) in [5, 5.41) is 0. The highest BCUT2D eigenvalue weighted by Gasteiger charge is 2.53. The van der Waals surface area contributed by atoms with Crippen LogP contribution in [0.1, 0.15) is 16.7 Å². The fraction of sp³-hybridized carbons (Fsp3) is 0.333. The van der Waals surface area contributed by atoms with Gasteiger partial charge in [0.1, 0.15) is 5.56 Å². The van der Waals surface area contributed by atoms with E-state index < -0.39 is 52.4 Å². The SMILES string of the molecule is Nc1c(N)c(C(F)(F)F)c(C(F)(F)F)c(C(F)(F)F)c1F. The monoisotopic (exact) mass is 330 g/mol. The molecule has 0 atom stereocenters. The summed E-state index contributed by atoms with van der Waals surface area (Å²) in [6.45, 7) is 0. The van der Waals surface area contributed by atoms with Gasteiger partial charge in [-0.1, -0.05) is 0 Å². The van der Waals surface area contributed by atoms with Gasteiger partial charge in [0.05, 0.1) is 22.5 Å². The lowest BCUT2D eigenvalue weighted by Crippen LogP contribution is -2.27. The predicted molar refractivity (Wildman–Crippen MR) is 50.2 cm³/mol. The van der Waals surface area contributed by atoms with Gasteiger partial charge >= 0.3 is 18.5 Å². The van der Waals surface area contributed by atoms with E-state index in [1.807, 2.05) is 0 Å². The maximum atomic E-state index is 13.3. The van der Waals surface area contributed by atoms with Crippen LogP contribution in [0.4, 0.5) is 55.3 Å². The van der Waals surface area contributed by atoms with Gasteiger partial charge in [-0.25, -0.2) is 4.39 Å². The minimum absolute atomic E-state index is 1.86. The van der Waals surface area contributed by atoms with Crippen LogP contribution in [0.3, 0.4) is 0 Å². The van der Waals surface area contributed by atoms with Crippen molar-refractivity contribution < 1.29 is 43.9 Å². The van der Waals surface area contributed by atoms with Gasteiger partial charge in [0.2, 0.25) is 0 Å². The van der Waals surface area contributed by atoms with Crippen molar-refractivity contribution in [3.8, 4) is 0 Å². The average Bonchev–Trinajstić information content (AvgIpc) is 2.19. The molecule has 1 aromatic carbocycles. The molecule has 0 spiro atoms. The minimum atomic E-state index is -6.15. The third-order valence-electron chi connectivity index (χ3n) is 2.37. The molecule has 2 nitrogen and oxygen atoms in total. The molecule has 0 fully saturated rings. The molecule has 0 aliphatic rings. The van der Waals surface area contributed by atoms with Crippen molar-refractivity contribution in [1.29, 1.82) is 0 Å². The summed E-state index contributed by atoms with van der Waals surface area (Å²) in [6, 6.07) is 0. The average molecular weight is 330 g/mol. The van der Waals surface area contributed by atoms with Crippen molar-refractivity contribution >= 4 is 11.4 Å². The van der Waals surface area contributed by atoms with Gasteiger partial charge in [0.15, 0.2) is 5.82 Å². The zero-order valence-corrected chi connectivity index (χ0v) is 9.43. The molecular weight excluding hydrogens is 326 g/mol. The van der Waals surface area contributed by atoms with Gasteiger partial charge < -0.3 is 11.5 Å². The Morgan fingerprint density at radius 2 is 0.857 bits per heavy atom. The van der Waals surface area contributed by atoms with E-state index in [9.17, 15) is 43.9 Å². The van der Waals surface area contributed by atoms with Crippen molar-refractivity contribution in [1.82, 2.24) is 0 Å². The molecular formula is C9H4F10N2. The molecule has 0 aliphatic heterocycles. The topological polar surface area (TPSA) is 52.0 Å². The number of alkyl halides is 9. The van der Waals surface area contributed by atoms with Crippen LogP contribution in [0.25, 0.3) is 0 Å². The maximum absolute atomic E-state index is 13.3. The van der Waals surface area contributed by atoms with Gasteiger partial charge in [-0.3, -0.25) is 0 Å². The lowest BCUT2D eigenvalue weighted by molar-refractivity contribution is -0.175. The molecule has 21 heavy (non-hydrogen) atoms. The molecule has 0 amide bonds. The molecule has 4 N–H and O–H groups in total. The fourth-order valence-electron chi connectivity index (χ4n) is 1.60. The zero-order valence-electron chi connectivity index (χ0n) is 9.43. The molecule has 0 heterocycles. The molecule has 0 saturated heterocycles. The Morgan fingerprint density at radius 3 is 1.14 bits per heavy atom. The highest BCUT2D eigenvalue weighted by molar-refractivity contribution is 5.73. The van der Waals surface area contributed by atoms with Crippen molar-refractivity contribution in [2.45, 2.75) is 18.5 Å². The van der Waals surface area contributed by atoms with Crippen molar-refractivity contribution in [3.05, 3.63) is 22.5 Å². The molecule has 0 unspecified atom stereocenters. The second-order valence-corrected chi connectivity index (χ2v) is 3.76. The molecule has 0 radical (unpaired) electrons. The first-order valence-electron chi connectivity index (χ1n) is 4.72. The number of anilines is 2. The van der Waals surface area contributed by atoms with Gasteiger partial charge in [0.25, 0.3) is 0 Å². The van der Waals surface area contributed by atoms with Gasteiger partial charge in [0, 0.05) is 0 Å². The molecule has 0 saturated carbocycles. The molecule has 0 aromatic heterocycles. The molecule has 120 valence electrons. The first-order chi connectivity index (χ1) is 9.10. The van der Waals surface area contributed by atoms with E-state index in [0.717, 1.165) is 0 Å². The van der Waals surface area contributed by atoms with E-state index in [1.54, 1.807) is 0 Å². The van der Waals surface area contributed by atoms with Crippen LogP contribution in [0.5, 0.6) is 0 Å². The number of benzene rings is 1.